The second kappa shape index (κ2) is 10.8. The van der Waals surface area contributed by atoms with Gasteiger partial charge in [-0.25, -0.2) is 0 Å². The Balaban J connectivity index is 1.59. The van der Waals surface area contributed by atoms with Crippen molar-refractivity contribution in [2.45, 2.75) is 12.8 Å². The first-order valence-corrected chi connectivity index (χ1v) is 8.52. The zero-order valence-corrected chi connectivity index (χ0v) is 14.9. The van der Waals surface area contributed by atoms with E-state index >= 15 is 0 Å². The first-order valence-electron chi connectivity index (χ1n) is 8.52. The van der Waals surface area contributed by atoms with Crippen LogP contribution in [0.5, 0.6) is 11.5 Å². The number of carbonyl (C=O) groups is 2. The van der Waals surface area contributed by atoms with Gasteiger partial charge in [-0.15, -0.1) is 0 Å². The third kappa shape index (κ3) is 6.84. The molecule has 0 aliphatic rings. The highest BCUT2D eigenvalue weighted by Gasteiger charge is 2.08. The van der Waals surface area contributed by atoms with Crippen molar-refractivity contribution in [1.82, 2.24) is 10.6 Å². The van der Waals surface area contributed by atoms with Crippen molar-refractivity contribution in [3.8, 4) is 11.5 Å². The molecule has 26 heavy (non-hydrogen) atoms. The third-order valence-corrected chi connectivity index (χ3v) is 3.68. The maximum Gasteiger partial charge on any atom is 0.258 e. The summed E-state index contributed by atoms with van der Waals surface area (Å²) in [6.45, 7) is 0.322. The Labute approximate surface area is 153 Å². The molecule has 0 aliphatic heterocycles. The fourth-order valence-corrected chi connectivity index (χ4v) is 2.34. The van der Waals surface area contributed by atoms with Crippen LogP contribution in [0.3, 0.4) is 0 Å². The largest absolute Gasteiger partial charge is 0.493 e. The van der Waals surface area contributed by atoms with Gasteiger partial charge in [-0.3, -0.25) is 9.59 Å². The van der Waals surface area contributed by atoms with Crippen molar-refractivity contribution in [3.63, 3.8) is 0 Å². The number of carbonyl (C=O) groups excluding carboxylic acids is 2. The minimum Gasteiger partial charge on any atom is -0.493 e. The quantitative estimate of drug-likeness (QED) is 0.638. The summed E-state index contributed by atoms with van der Waals surface area (Å²) in [6, 6.07) is 17.2. The van der Waals surface area contributed by atoms with Gasteiger partial charge in [0, 0.05) is 6.54 Å². The van der Waals surface area contributed by atoms with E-state index in [1.165, 1.54) is 12.7 Å². The molecule has 2 rings (SSSR count). The molecule has 0 fully saturated rings. The van der Waals surface area contributed by atoms with Crippen LogP contribution in [0.2, 0.25) is 0 Å². The molecule has 2 N–H and O–H groups in total. The molecule has 2 amide bonds. The van der Waals surface area contributed by atoms with E-state index in [4.69, 9.17) is 9.47 Å². The topological polar surface area (TPSA) is 76.7 Å². The fraction of sp³-hybridized carbons (Fsp3) is 0.300. The Morgan fingerprint density at radius 3 is 2.31 bits per heavy atom. The highest BCUT2D eigenvalue weighted by molar-refractivity contribution is 5.85. The van der Waals surface area contributed by atoms with Crippen molar-refractivity contribution in [2.75, 3.05) is 26.8 Å². The van der Waals surface area contributed by atoms with Crippen LogP contribution in [0.4, 0.5) is 0 Å². The maximum absolute atomic E-state index is 11.8. The first kappa shape index (κ1) is 19.3. The second-order valence-corrected chi connectivity index (χ2v) is 5.66. The van der Waals surface area contributed by atoms with Gasteiger partial charge in [0.05, 0.1) is 13.7 Å². The number of nitrogens with one attached hydrogen (secondary N) is 2. The van der Waals surface area contributed by atoms with Gasteiger partial charge in [-0.05, 0) is 30.5 Å². The number of aryl methyl sites for hydroxylation is 1. The predicted molar refractivity (Wildman–Crippen MR) is 99.3 cm³/mol. The van der Waals surface area contributed by atoms with Crippen molar-refractivity contribution in [1.29, 1.82) is 0 Å². The fourth-order valence-electron chi connectivity index (χ4n) is 2.34. The van der Waals surface area contributed by atoms with Crippen LogP contribution >= 0.6 is 0 Å². The van der Waals surface area contributed by atoms with E-state index in [9.17, 15) is 9.59 Å². The van der Waals surface area contributed by atoms with Crippen molar-refractivity contribution in [3.05, 3.63) is 60.2 Å². The number of para-hydroxylation sites is 2. The molecule has 0 radical (unpaired) electrons. The Hall–Kier alpha value is -3.02. The summed E-state index contributed by atoms with van der Waals surface area (Å²) in [7, 11) is 1.53. The normalized spacial score (nSPS) is 10.0. The predicted octanol–water partition coefficient (Wildman–Crippen LogP) is 1.94. The number of ether oxygens (including phenoxy) is 2. The van der Waals surface area contributed by atoms with E-state index in [2.05, 4.69) is 22.8 Å². The molecular weight excluding hydrogens is 332 g/mol. The average Bonchev–Trinajstić information content (AvgIpc) is 2.69. The number of amides is 2. The van der Waals surface area contributed by atoms with E-state index < -0.39 is 0 Å². The Morgan fingerprint density at radius 1 is 0.885 bits per heavy atom. The monoisotopic (exact) mass is 356 g/mol. The Bertz CT molecular complexity index is 704. The van der Waals surface area contributed by atoms with E-state index in [-0.39, 0.29) is 25.0 Å². The van der Waals surface area contributed by atoms with E-state index in [0.717, 1.165) is 12.8 Å². The van der Waals surface area contributed by atoms with Gasteiger partial charge in [0.2, 0.25) is 5.91 Å². The van der Waals surface area contributed by atoms with Crippen LogP contribution in [0, 0.1) is 0 Å². The lowest BCUT2D eigenvalue weighted by molar-refractivity contribution is -0.127. The van der Waals surface area contributed by atoms with Gasteiger partial charge >= 0.3 is 0 Å². The van der Waals surface area contributed by atoms with Gasteiger partial charge in [-0.2, -0.15) is 0 Å². The molecule has 138 valence electrons. The number of benzene rings is 2. The maximum atomic E-state index is 11.8. The number of methoxy groups -OCH3 is 1. The molecule has 2 aromatic rings. The van der Waals surface area contributed by atoms with E-state index in [0.29, 0.717) is 18.0 Å². The standard InChI is InChI=1S/C20H24N2O4/c1-25-17-11-5-6-12-18(17)26-15-20(24)22-14-19(23)21-13-7-10-16-8-3-2-4-9-16/h2-6,8-9,11-12H,7,10,13-15H2,1H3,(H,21,23)(H,22,24). The molecule has 0 heterocycles. The van der Waals surface area contributed by atoms with Crippen molar-refractivity contribution < 1.29 is 19.1 Å². The lowest BCUT2D eigenvalue weighted by Crippen LogP contribution is -2.39. The molecular formula is C20H24N2O4. The van der Waals surface area contributed by atoms with Crippen molar-refractivity contribution in [2.24, 2.45) is 0 Å². The molecule has 0 saturated carbocycles. The van der Waals surface area contributed by atoms with Crippen LogP contribution < -0.4 is 20.1 Å². The molecule has 0 bridgehead atoms. The number of hydrogen-bond acceptors (Lipinski definition) is 4. The highest BCUT2D eigenvalue weighted by atomic mass is 16.5. The van der Waals surface area contributed by atoms with Gasteiger partial charge in [0.1, 0.15) is 0 Å². The van der Waals surface area contributed by atoms with Crippen LogP contribution in [0.1, 0.15) is 12.0 Å². The summed E-state index contributed by atoms with van der Waals surface area (Å²) in [5, 5.41) is 5.32. The van der Waals surface area contributed by atoms with Gasteiger partial charge in [0.15, 0.2) is 18.1 Å². The summed E-state index contributed by atoms with van der Waals surface area (Å²) in [4.78, 5) is 23.5. The minimum atomic E-state index is -0.365. The van der Waals surface area contributed by atoms with Crippen LogP contribution in [-0.4, -0.2) is 38.6 Å². The number of hydrogen-bond donors (Lipinski definition) is 2. The van der Waals surface area contributed by atoms with E-state index in [1.807, 2.05) is 24.3 Å². The second-order valence-electron chi connectivity index (χ2n) is 5.66. The zero-order valence-electron chi connectivity index (χ0n) is 14.9. The van der Waals surface area contributed by atoms with Crippen LogP contribution in [0.25, 0.3) is 0 Å². The Kier molecular flexibility index (Phi) is 7.99. The number of rotatable bonds is 10. The first-order chi connectivity index (χ1) is 12.7. The molecule has 0 spiro atoms. The lowest BCUT2D eigenvalue weighted by atomic mass is 10.1. The summed E-state index contributed by atoms with van der Waals surface area (Å²) in [5.41, 5.74) is 1.24. The molecule has 6 nitrogen and oxygen atoms in total. The van der Waals surface area contributed by atoms with Gasteiger partial charge in [-0.1, -0.05) is 42.5 Å². The third-order valence-electron chi connectivity index (χ3n) is 3.68. The summed E-state index contributed by atoms with van der Waals surface area (Å²) in [5.74, 6) is 0.450. The molecule has 0 aromatic heterocycles. The molecule has 0 aliphatic carbocycles. The van der Waals surface area contributed by atoms with E-state index in [1.54, 1.807) is 18.2 Å². The smallest absolute Gasteiger partial charge is 0.258 e. The molecule has 0 atom stereocenters. The van der Waals surface area contributed by atoms with Gasteiger partial charge in [0.25, 0.3) is 5.91 Å². The summed E-state index contributed by atoms with van der Waals surface area (Å²) in [6.07, 6.45) is 1.75. The van der Waals surface area contributed by atoms with Gasteiger partial charge < -0.3 is 20.1 Å². The minimum absolute atomic E-state index is 0.0700. The summed E-state index contributed by atoms with van der Waals surface area (Å²) >= 11 is 0. The zero-order chi connectivity index (χ0) is 18.6. The van der Waals surface area contributed by atoms with Crippen molar-refractivity contribution >= 4 is 11.8 Å². The lowest BCUT2D eigenvalue weighted by Gasteiger charge is -2.10. The Morgan fingerprint density at radius 2 is 1.58 bits per heavy atom. The van der Waals surface area contributed by atoms with Crippen LogP contribution in [-0.2, 0) is 16.0 Å². The molecule has 0 saturated heterocycles. The molecule has 6 heteroatoms. The summed E-state index contributed by atoms with van der Waals surface area (Å²) < 4.78 is 10.5. The SMILES string of the molecule is COc1ccccc1OCC(=O)NCC(=O)NCCCc1ccccc1. The highest BCUT2D eigenvalue weighted by Crippen LogP contribution is 2.25. The molecule has 2 aromatic carbocycles. The van der Waals surface area contributed by atoms with Crippen LogP contribution in [0.15, 0.2) is 54.6 Å². The average molecular weight is 356 g/mol. The molecule has 0 unspecified atom stereocenters.